The zero-order chi connectivity index (χ0) is 40.2. The fourth-order valence-corrected chi connectivity index (χ4v) is 7.76. The molecule has 0 amide bonds. The lowest BCUT2D eigenvalue weighted by molar-refractivity contribution is -0.142. The fourth-order valence-electron chi connectivity index (χ4n) is 7.76. The molecule has 0 saturated heterocycles. The largest absolute Gasteiger partial charge is 0.491 e. The van der Waals surface area contributed by atoms with Crippen LogP contribution in [0.5, 0.6) is 11.5 Å². The van der Waals surface area contributed by atoms with Crippen molar-refractivity contribution in [2.24, 2.45) is 11.8 Å². The van der Waals surface area contributed by atoms with Gasteiger partial charge >= 0.3 is 11.9 Å². The van der Waals surface area contributed by atoms with E-state index in [9.17, 15) is 19.8 Å². The zero-order valence-electron chi connectivity index (χ0n) is 31.8. The summed E-state index contributed by atoms with van der Waals surface area (Å²) >= 11 is 0. The van der Waals surface area contributed by atoms with Gasteiger partial charge in [-0.25, -0.2) is 9.97 Å². The third kappa shape index (κ3) is 6.75. The lowest BCUT2D eigenvalue weighted by Crippen LogP contribution is -2.12. The van der Waals surface area contributed by atoms with Gasteiger partial charge in [0.1, 0.15) is 45.2 Å². The Labute approximate surface area is 330 Å². The van der Waals surface area contributed by atoms with Crippen LogP contribution >= 0.6 is 0 Å². The SMILES string of the molecule is CC(Cc1cc2c3c(c1)nc(-c1ccc4oc(N)nc4c1)n3CCCO2)C(=O)O.C[C@H](Cc1cc2c3c(c1)nc(-c1ccc4oc(N)nc4c1)n3CCCO2)C(=O)O. The normalized spacial score (nSPS) is 14.7. The van der Waals surface area contributed by atoms with Crippen molar-refractivity contribution in [3.8, 4) is 34.3 Å². The number of carboxylic acids is 2. The molecule has 16 heteroatoms. The molecule has 10 rings (SSSR count). The Kier molecular flexibility index (Phi) is 9.10. The first kappa shape index (κ1) is 36.5. The van der Waals surface area contributed by atoms with E-state index in [1.807, 2.05) is 60.7 Å². The number of hydrogen-bond donors (Lipinski definition) is 4. The third-order valence-corrected chi connectivity index (χ3v) is 10.6. The lowest BCUT2D eigenvalue weighted by atomic mass is 10.0. The maximum absolute atomic E-state index is 11.3. The zero-order valence-corrected chi connectivity index (χ0v) is 31.8. The van der Waals surface area contributed by atoms with E-state index in [4.69, 9.17) is 39.7 Å². The first-order chi connectivity index (χ1) is 28.0. The Hall–Kier alpha value is -7.10. The van der Waals surface area contributed by atoms with E-state index in [0.29, 0.717) is 48.3 Å². The summed E-state index contributed by atoms with van der Waals surface area (Å²) in [6, 6.07) is 19.5. The molecule has 8 aromatic rings. The van der Waals surface area contributed by atoms with Gasteiger partial charge in [0, 0.05) is 24.2 Å². The number of hydrogen-bond acceptors (Lipinski definition) is 12. The number of nitrogen functional groups attached to an aromatic ring is 2. The molecule has 0 spiro atoms. The minimum absolute atomic E-state index is 0.136. The van der Waals surface area contributed by atoms with Crippen LogP contribution in [0.1, 0.15) is 37.8 Å². The van der Waals surface area contributed by atoms with Crippen molar-refractivity contribution in [1.82, 2.24) is 29.1 Å². The molecule has 2 aliphatic heterocycles. The van der Waals surface area contributed by atoms with Gasteiger partial charge in [-0.3, -0.25) is 9.59 Å². The quantitative estimate of drug-likeness (QED) is 0.122. The van der Waals surface area contributed by atoms with Crippen molar-refractivity contribution in [2.75, 3.05) is 24.7 Å². The fraction of sp³-hybridized carbons (Fsp3) is 0.286. The van der Waals surface area contributed by atoms with Gasteiger partial charge in [0.05, 0.1) is 36.1 Å². The molecule has 2 aliphatic rings. The molecule has 2 atom stereocenters. The number of imidazole rings is 2. The highest BCUT2D eigenvalue weighted by Gasteiger charge is 2.24. The van der Waals surface area contributed by atoms with Crippen LogP contribution in [-0.2, 0) is 35.5 Å². The van der Waals surface area contributed by atoms with Crippen LogP contribution in [0.15, 0.2) is 69.5 Å². The van der Waals surface area contributed by atoms with Gasteiger partial charge in [-0.15, -0.1) is 0 Å². The number of aryl methyl sites for hydroxylation is 2. The van der Waals surface area contributed by atoms with Crippen LogP contribution in [0.25, 0.3) is 67.0 Å². The van der Waals surface area contributed by atoms with Crippen LogP contribution in [0.4, 0.5) is 12.0 Å². The van der Waals surface area contributed by atoms with Gasteiger partial charge in [-0.2, -0.15) is 9.97 Å². The Balaban J connectivity index is 0.000000150. The molecule has 0 radical (unpaired) electrons. The second kappa shape index (κ2) is 14.4. The molecule has 6 heterocycles. The number of carboxylic acid groups (broad SMARTS) is 2. The van der Waals surface area contributed by atoms with E-state index in [2.05, 4.69) is 19.1 Å². The summed E-state index contributed by atoms with van der Waals surface area (Å²) in [5.74, 6) is 0.541. The summed E-state index contributed by atoms with van der Waals surface area (Å²) in [5, 5.41) is 18.5. The number of anilines is 2. The standard InChI is InChI=1S/2C21H20N4O4/c2*1-11(20(26)27)7-12-8-15-18-17(9-12)28-6-2-5-25(18)19(23-15)13-3-4-16-14(10-13)24-21(22)29-16/h2*3-4,8-11H,2,5-7H2,1H3,(H2,22,24)(H,26,27)/t11-;/m1./s1. The number of ether oxygens (including phenoxy) is 2. The van der Waals surface area contributed by atoms with Crippen LogP contribution in [0, 0.1) is 11.8 Å². The van der Waals surface area contributed by atoms with E-state index in [1.165, 1.54) is 0 Å². The smallest absolute Gasteiger partial charge is 0.306 e. The van der Waals surface area contributed by atoms with Gasteiger partial charge in [0.15, 0.2) is 11.2 Å². The first-order valence-corrected chi connectivity index (χ1v) is 19.1. The predicted octanol–water partition coefficient (Wildman–Crippen LogP) is 6.94. The van der Waals surface area contributed by atoms with Crippen molar-refractivity contribution in [1.29, 1.82) is 0 Å². The summed E-state index contributed by atoms with van der Waals surface area (Å²) in [5.41, 5.74) is 21.1. The highest BCUT2D eigenvalue weighted by atomic mass is 16.5. The summed E-state index contributed by atoms with van der Waals surface area (Å²) in [7, 11) is 0. The minimum atomic E-state index is -0.816. The average Bonchev–Trinajstić information content (AvgIpc) is 3.88. The Bertz CT molecular complexity index is 2710. The second-order valence-electron chi connectivity index (χ2n) is 14.9. The summed E-state index contributed by atoms with van der Waals surface area (Å²) < 4.78 is 27.0. The topological polar surface area (TPSA) is 233 Å². The number of nitrogens with two attached hydrogens (primary N) is 2. The highest BCUT2D eigenvalue weighted by Crippen LogP contribution is 2.38. The number of aliphatic carboxylic acids is 2. The van der Waals surface area contributed by atoms with Gasteiger partial charge in [-0.05, 0) is 97.5 Å². The molecule has 4 aromatic carbocycles. The molecule has 16 nitrogen and oxygen atoms in total. The van der Waals surface area contributed by atoms with E-state index in [0.717, 1.165) is 93.4 Å². The lowest BCUT2D eigenvalue weighted by Gasteiger charge is -2.10. The maximum atomic E-state index is 11.3. The Morgan fingerprint density at radius 1 is 0.638 bits per heavy atom. The molecule has 0 aliphatic carbocycles. The van der Waals surface area contributed by atoms with Crippen molar-refractivity contribution in [3.05, 3.63) is 71.8 Å². The van der Waals surface area contributed by atoms with Crippen molar-refractivity contribution < 1.29 is 38.1 Å². The van der Waals surface area contributed by atoms with Crippen LogP contribution in [0.3, 0.4) is 0 Å². The van der Waals surface area contributed by atoms with Gasteiger partial charge in [0.25, 0.3) is 12.0 Å². The molecular formula is C42H40N8O8. The third-order valence-electron chi connectivity index (χ3n) is 10.6. The molecule has 6 N–H and O–H groups in total. The Morgan fingerprint density at radius 2 is 1.07 bits per heavy atom. The van der Waals surface area contributed by atoms with Gasteiger partial charge in [0.2, 0.25) is 0 Å². The maximum Gasteiger partial charge on any atom is 0.306 e. The predicted molar refractivity (Wildman–Crippen MR) is 216 cm³/mol. The van der Waals surface area contributed by atoms with E-state index >= 15 is 0 Å². The number of oxazole rings is 2. The number of nitrogens with zero attached hydrogens (tertiary/aromatic N) is 6. The van der Waals surface area contributed by atoms with Crippen molar-refractivity contribution in [3.63, 3.8) is 0 Å². The number of benzene rings is 4. The van der Waals surface area contributed by atoms with Crippen LogP contribution in [0.2, 0.25) is 0 Å². The van der Waals surface area contributed by atoms with Gasteiger partial charge in [-0.1, -0.05) is 13.8 Å². The molecule has 0 saturated carbocycles. The molecular weight excluding hydrogens is 745 g/mol. The van der Waals surface area contributed by atoms with Crippen LogP contribution in [-0.4, -0.2) is 64.4 Å². The molecule has 1 unspecified atom stereocenters. The van der Waals surface area contributed by atoms with Crippen molar-refractivity contribution in [2.45, 2.75) is 52.6 Å². The second-order valence-corrected chi connectivity index (χ2v) is 14.9. The Morgan fingerprint density at radius 3 is 1.48 bits per heavy atom. The van der Waals surface area contributed by atoms with Crippen LogP contribution < -0.4 is 20.9 Å². The van der Waals surface area contributed by atoms with Crippen molar-refractivity contribution >= 4 is 68.2 Å². The molecule has 0 bridgehead atoms. The average molecular weight is 785 g/mol. The van der Waals surface area contributed by atoms with E-state index in [1.54, 1.807) is 13.8 Å². The highest BCUT2D eigenvalue weighted by molar-refractivity contribution is 5.90. The number of aromatic nitrogens is 6. The minimum Gasteiger partial charge on any atom is -0.491 e. The van der Waals surface area contributed by atoms with Gasteiger partial charge < -0.3 is 49.1 Å². The molecule has 0 fully saturated rings. The monoisotopic (exact) mass is 784 g/mol. The number of fused-ring (bicyclic) bond motifs is 2. The number of rotatable bonds is 8. The number of carbonyl (C=O) groups is 2. The first-order valence-electron chi connectivity index (χ1n) is 19.1. The summed E-state index contributed by atoms with van der Waals surface area (Å²) in [6.07, 6.45) is 2.56. The molecule has 296 valence electrons. The molecule has 58 heavy (non-hydrogen) atoms. The summed E-state index contributed by atoms with van der Waals surface area (Å²) in [4.78, 5) is 40.7. The summed E-state index contributed by atoms with van der Waals surface area (Å²) in [6.45, 7) is 6.17. The molecule has 4 aromatic heterocycles. The van der Waals surface area contributed by atoms with E-state index in [-0.39, 0.29) is 12.0 Å². The van der Waals surface area contributed by atoms with E-state index < -0.39 is 23.8 Å².